The average Bonchev–Trinajstić information content (AvgIpc) is 2.78. The number of hydrogen-bond donors (Lipinski definition) is 0. The summed E-state index contributed by atoms with van der Waals surface area (Å²) in [7, 11) is 0. The highest BCUT2D eigenvalue weighted by atomic mass is 19.1. The van der Waals surface area contributed by atoms with Crippen LogP contribution < -0.4 is 4.74 Å². The molecule has 2 heterocycles. The summed E-state index contributed by atoms with van der Waals surface area (Å²) in [6.07, 6.45) is 2.53. The zero-order valence-electron chi connectivity index (χ0n) is 16.8. The predicted octanol–water partition coefficient (Wildman–Crippen LogP) is 4.60. The Labute approximate surface area is 176 Å². The van der Waals surface area contributed by atoms with Crippen LogP contribution in [0.25, 0.3) is 0 Å². The molecule has 4 nitrogen and oxygen atoms in total. The standard InChI is InChI=1S/C25H25FN2O2/c26-21-9-4-7-19(15-21)16-22-10-5-13-24(27-22)20-8-6-14-28(17-20)25(29)18-30-23-11-2-1-3-12-23/h1-5,7,9-13,15,20H,6,8,14,16-18H2. The molecule has 5 heteroatoms. The lowest BCUT2D eigenvalue weighted by molar-refractivity contribution is -0.134. The molecular formula is C25H25FN2O2. The lowest BCUT2D eigenvalue weighted by Crippen LogP contribution is -2.41. The molecule has 0 radical (unpaired) electrons. The van der Waals surface area contributed by atoms with Gasteiger partial charge in [0.2, 0.25) is 0 Å². The summed E-state index contributed by atoms with van der Waals surface area (Å²) in [6.45, 7) is 1.44. The fourth-order valence-electron chi connectivity index (χ4n) is 3.88. The Balaban J connectivity index is 1.38. The Morgan fingerprint density at radius 2 is 1.90 bits per heavy atom. The van der Waals surface area contributed by atoms with Gasteiger partial charge >= 0.3 is 0 Å². The van der Waals surface area contributed by atoms with Gasteiger partial charge in [0.05, 0.1) is 0 Å². The lowest BCUT2D eigenvalue weighted by atomic mass is 9.94. The second-order valence-corrected chi connectivity index (χ2v) is 7.64. The number of piperidine rings is 1. The third-order valence-electron chi connectivity index (χ3n) is 5.40. The number of ether oxygens (including phenoxy) is 1. The summed E-state index contributed by atoms with van der Waals surface area (Å²) in [4.78, 5) is 19.3. The highest BCUT2D eigenvalue weighted by Crippen LogP contribution is 2.26. The number of carbonyl (C=O) groups is 1. The monoisotopic (exact) mass is 404 g/mol. The van der Waals surface area contributed by atoms with Crippen molar-refractivity contribution in [1.29, 1.82) is 0 Å². The van der Waals surface area contributed by atoms with Crippen molar-refractivity contribution in [1.82, 2.24) is 9.88 Å². The Morgan fingerprint density at radius 3 is 2.73 bits per heavy atom. The fourth-order valence-corrected chi connectivity index (χ4v) is 3.88. The fraction of sp³-hybridized carbons (Fsp3) is 0.280. The van der Waals surface area contributed by atoms with Crippen molar-refractivity contribution in [2.24, 2.45) is 0 Å². The number of aromatic nitrogens is 1. The van der Waals surface area contributed by atoms with E-state index in [2.05, 4.69) is 0 Å². The van der Waals surface area contributed by atoms with E-state index in [-0.39, 0.29) is 24.2 Å². The number of carbonyl (C=O) groups excluding carboxylic acids is 1. The summed E-state index contributed by atoms with van der Waals surface area (Å²) < 4.78 is 19.1. The number of hydrogen-bond acceptors (Lipinski definition) is 3. The van der Waals surface area contributed by atoms with Crippen molar-refractivity contribution in [3.63, 3.8) is 0 Å². The van der Waals surface area contributed by atoms with Gasteiger partial charge in [-0.2, -0.15) is 0 Å². The van der Waals surface area contributed by atoms with Crippen molar-refractivity contribution >= 4 is 5.91 Å². The molecule has 1 saturated heterocycles. The highest BCUT2D eigenvalue weighted by Gasteiger charge is 2.26. The van der Waals surface area contributed by atoms with Crippen molar-refractivity contribution in [2.75, 3.05) is 19.7 Å². The first-order chi connectivity index (χ1) is 14.7. The highest BCUT2D eigenvalue weighted by molar-refractivity contribution is 5.78. The Bertz CT molecular complexity index is 993. The maximum absolute atomic E-state index is 13.5. The van der Waals surface area contributed by atoms with Crippen LogP contribution in [0, 0.1) is 5.82 Å². The van der Waals surface area contributed by atoms with Crippen molar-refractivity contribution < 1.29 is 13.9 Å². The summed E-state index contributed by atoms with van der Waals surface area (Å²) in [5, 5.41) is 0. The molecule has 3 aromatic rings. The van der Waals surface area contributed by atoms with E-state index >= 15 is 0 Å². The minimum Gasteiger partial charge on any atom is -0.484 e. The summed E-state index contributed by atoms with van der Waals surface area (Å²) in [5.41, 5.74) is 2.80. The molecule has 1 unspecified atom stereocenters. The van der Waals surface area contributed by atoms with Crippen molar-refractivity contribution in [3.8, 4) is 5.75 Å². The van der Waals surface area contributed by atoms with Crippen LogP contribution in [-0.2, 0) is 11.2 Å². The smallest absolute Gasteiger partial charge is 0.260 e. The number of para-hydroxylation sites is 1. The molecule has 0 spiro atoms. The van der Waals surface area contributed by atoms with Gasteiger partial charge in [-0.25, -0.2) is 4.39 Å². The van der Waals surface area contributed by atoms with Gasteiger partial charge in [0.15, 0.2) is 6.61 Å². The van der Waals surface area contributed by atoms with Gasteiger partial charge in [0.25, 0.3) is 5.91 Å². The third kappa shape index (κ3) is 5.23. The number of likely N-dealkylation sites (tertiary alicyclic amines) is 1. The topological polar surface area (TPSA) is 42.4 Å². The molecule has 1 amide bonds. The average molecular weight is 404 g/mol. The van der Waals surface area contributed by atoms with Gasteiger partial charge < -0.3 is 9.64 Å². The molecule has 1 aliphatic heterocycles. The van der Waals surface area contributed by atoms with Crippen LogP contribution in [-0.4, -0.2) is 35.5 Å². The SMILES string of the molecule is O=C(COc1ccccc1)N1CCCC(c2cccc(Cc3cccc(F)c3)n2)C1. The number of amides is 1. The number of nitrogens with zero attached hydrogens (tertiary/aromatic N) is 2. The zero-order chi connectivity index (χ0) is 20.8. The normalized spacial score (nSPS) is 16.3. The number of rotatable bonds is 6. The number of halogens is 1. The third-order valence-corrected chi connectivity index (χ3v) is 5.40. The summed E-state index contributed by atoms with van der Waals surface area (Å²) in [6, 6.07) is 22.0. The van der Waals surface area contributed by atoms with E-state index in [4.69, 9.17) is 9.72 Å². The molecule has 0 bridgehead atoms. The van der Waals surface area contributed by atoms with E-state index in [0.29, 0.717) is 18.7 Å². The molecule has 4 rings (SSSR count). The molecule has 1 atom stereocenters. The molecule has 154 valence electrons. The number of pyridine rings is 1. The molecule has 1 aromatic heterocycles. The van der Waals surface area contributed by atoms with E-state index in [9.17, 15) is 9.18 Å². The van der Waals surface area contributed by atoms with Crippen LogP contribution >= 0.6 is 0 Å². The quantitative estimate of drug-likeness (QED) is 0.603. The molecule has 2 aromatic carbocycles. The minimum absolute atomic E-state index is 0.000492. The second kappa shape index (κ2) is 9.53. The van der Waals surface area contributed by atoms with E-state index in [0.717, 1.165) is 36.3 Å². The number of benzene rings is 2. The second-order valence-electron chi connectivity index (χ2n) is 7.64. The molecular weight excluding hydrogens is 379 g/mol. The first-order valence-electron chi connectivity index (χ1n) is 10.3. The molecule has 0 aliphatic carbocycles. The van der Waals surface area contributed by atoms with Crippen LogP contribution in [0.5, 0.6) is 5.75 Å². The van der Waals surface area contributed by atoms with Gasteiger partial charge in [0.1, 0.15) is 11.6 Å². The van der Waals surface area contributed by atoms with Gasteiger partial charge in [-0.1, -0.05) is 36.4 Å². The molecule has 30 heavy (non-hydrogen) atoms. The molecule has 0 saturated carbocycles. The Morgan fingerprint density at radius 1 is 1.07 bits per heavy atom. The minimum atomic E-state index is -0.234. The largest absolute Gasteiger partial charge is 0.484 e. The predicted molar refractivity (Wildman–Crippen MR) is 114 cm³/mol. The van der Waals surface area contributed by atoms with E-state index < -0.39 is 0 Å². The van der Waals surface area contributed by atoms with Crippen molar-refractivity contribution in [3.05, 3.63) is 95.6 Å². The van der Waals surface area contributed by atoms with Gasteiger partial charge in [0, 0.05) is 36.8 Å². The molecule has 1 aliphatic rings. The van der Waals surface area contributed by atoms with Crippen LogP contribution in [0.4, 0.5) is 4.39 Å². The van der Waals surface area contributed by atoms with Crippen LogP contribution in [0.15, 0.2) is 72.8 Å². The first kappa shape index (κ1) is 20.1. The van der Waals surface area contributed by atoms with Gasteiger partial charge in [-0.15, -0.1) is 0 Å². The van der Waals surface area contributed by atoms with Gasteiger partial charge in [-0.3, -0.25) is 9.78 Å². The molecule has 0 N–H and O–H groups in total. The first-order valence-corrected chi connectivity index (χ1v) is 10.3. The summed E-state index contributed by atoms with van der Waals surface area (Å²) >= 11 is 0. The Hall–Kier alpha value is -3.21. The van der Waals surface area contributed by atoms with Crippen LogP contribution in [0.1, 0.15) is 35.7 Å². The van der Waals surface area contributed by atoms with Gasteiger partial charge in [-0.05, 0) is 54.8 Å². The van der Waals surface area contributed by atoms with Crippen LogP contribution in [0.3, 0.4) is 0 Å². The Kier molecular flexibility index (Phi) is 6.38. The zero-order valence-corrected chi connectivity index (χ0v) is 16.8. The molecule has 1 fully saturated rings. The lowest BCUT2D eigenvalue weighted by Gasteiger charge is -2.32. The van der Waals surface area contributed by atoms with Crippen LogP contribution in [0.2, 0.25) is 0 Å². The summed E-state index contributed by atoms with van der Waals surface area (Å²) in [5.74, 6) is 0.667. The maximum atomic E-state index is 13.5. The van der Waals surface area contributed by atoms with E-state index in [1.54, 1.807) is 12.1 Å². The maximum Gasteiger partial charge on any atom is 0.260 e. The van der Waals surface area contributed by atoms with E-state index in [1.165, 1.54) is 6.07 Å². The van der Waals surface area contributed by atoms with Crippen molar-refractivity contribution in [2.45, 2.75) is 25.2 Å². The van der Waals surface area contributed by atoms with E-state index in [1.807, 2.05) is 59.5 Å².